The van der Waals surface area contributed by atoms with E-state index in [1.807, 2.05) is 19.9 Å². The SMILES string of the molecule is CC(C)=C1OC2(CCN(CCc3ccccc3)CC2)CN(c2ccccc2F)C1=O. The van der Waals surface area contributed by atoms with E-state index in [2.05, 4.69) is 29.2 Å². The van der Waals surface area contributed by atoms with Gasteiger partial charge in [0, 0.05) is 32.5 Å². The number of allylic oxidation sites excluding steroid dienone is 1. The van der Waals surface area contributed by atoms with Crippen molar-refractivity contribution in [3.05, 3.63) is 77.3 Å². The number of morpholine rings is 1. The van der Waals surface area contributed by atoms with Crippen LogP contribution >= 0.6 is 0 Å². The van der Waals surface area contributed by atoms with E-state index in [-0.39, 0.29) is 11.7 Å². The molecule has 0 aromatic heterocycles. The number of amides is 1. The molecule has 2 saturated heterocycles. The number of ether oxygens (including phenoxy) is 1. The van der Waals surface area contributed by atoms with Crippen LogP contribution in [0.15, 0.2) is 65.9 Å². The van der Waals surface area contributed by atoms with Crippen LogP contribution in [0.1, 0.15) is 32.3 Å². The second-order valence-corrected chi connectivity index (χ2v) is 8.53. The van der Waals surface area contributed by atoms with E-state index in [1.54, 1.807) is 23.1 Å². The van der Waals surface area contributed by atoms with E-state index < -0.39 is 5.60 Å². The number of likely N-dealkylation sites (tertiary alicyclic amines) is 1. The third kappa shape index (κ3) is 4.26. The highest BCUT2D eigenvalue weighted by Gasteiger charge is 2.46. The fourth-order valence-corrected chi connectivity index (χ4v) is 4.33. The van der Waals surface area contributed by atoms with Crippen LogP contribution in [0.4, 0.5) is 10.1 Å². The molecule has 0 unspecified atom stereocenters. The van der Waals surface area contributed by atoms with Crippen LogP contribution in [0.2, 0.25) is 0 Å². The van der Waals surface area contributed by atoms with Gasteiger partial charge < -0.3 is 9.64 Å². The first-order valence-electron chi connectivity index (χ1n) is 10.7. The molecule has 0 saturated carbocycles. The summed E-state index contributed by atoms with van der Waals surface area (Å²) in [4.78, 5) is 17.1. The van der Waals surface area contributed by atoms with E-state index in [9.17, 15) is 9.18 Å². The molecule has 0 bridgehead atoms. The minimum absolute atomic E-state index is 0.253. The number of piperidine rings is 1. The maximum Gasteiger partial charge on any atom is 0.293 e. The van der Waals surface area contributed by atoms with Gasteiger partial charge in [-0.1, -0.05) is 42.5 Å². The zero-order chi connectivity index (χ0) is 21.1. The van der Waals surface area contributed by atoms with Gasteiger partial charge in [0.15, 0.2) is 5.76 Å². The van der Waals surface area contributed by atoms with Crippen molar-refractivity contribution < 1.29 is 13.9 Å². The van der Waals surface area contributed by atoms with Crippen molar-refractivity contribution in [3.8, 4) is 0 Å². The lowest BCUT2D eigenvalue weighted by molar-refractivity contribution is -0.132. The zero-order valence-corrected chi connectivity index (χ0v) is 17.7. The van der Waals surface area contributed by atoms with Gasteiger partial charge in [-0.3, -0.25) is 9.69 Å². The molecule has 0 atom stereocenters. The summed E-state index contributed by atoms with van der Waals surface area (Å²) >= 11 is 0. The molecule has 2 heterocycles. The number of nitrogens with zero attached hydrogens (tertiary/aromatic N) is 2. The van der Waals surface area contributed by atoms with Gasteiger partial charge in [-0.05, 0) is 43.5 Å². The molecule has 0 aliphatic carbocycles. The summed E-state index contributed by atoms with van der Waals surface area (Å²) < 4.78 is 20.8. The lowest BCUT2D eigenvalue weighted by atomic mass is 9.88. The molecule has 2 aliphatic rings. The summed E-state index contributed by atoms with van der Waals surface area (Å²) in [5.74, 6) is -0.268. The lowest BCUT2D eigenvalue weighted by Crippen LogP contribution is -2.58. The van der Waals surface area contributed by atoms with Crippen LogP contribution in [0.25, 0.3) is 0 Å². The summed E-state index contributed by atoms with van der Waals surface area (Å²) in [6.07, 6.45) is 2.65. The maximum atomic E-state index is 14.5. The topological polar surface area (TPSA) is 32.8 Å². The number of hydrogen-bond donors (Lipinski definition) is 0. The number of anilines is 1. The molecule has 158 valence electrons. The van der Waals surface area contributed by atoms with Crippen molar-refractivity contribution in [1.29, 1.82) is 0 Å². The van der Waals surface area contributed by atoms with Crippen LogP contribution in [-0.4, -0.2) is 42.6 Å². The van der Waals surface area contributed by atoms with Crippen molar-refractivity contribution >= 4 is 11.6 Å². The predicted octanol–water partition coefficient (Wildman–Crippen LogP) is 4.56. The summed E-state index contributed by atoms with van der Waals surface area (Å²) in [6.45, 7) is 6.95. The molecule has 2 aliphatic heterocycles. The van der Waals surface area contributed by atoms with Crippen molar-refractivity contribution in [3.63, 3.8) is 0 Å². The molecule has 30 heavy (non-hydrogen) atoms. The van der Waals surface area contributed by atoms with Crippen LogP contribution in [0.5, 0.6) is 0 Å². The van der Waals surface area contributed by atoms with Gasteiger partial charge in [0.05, 0.1) is 12.2 Å². The maximum absolute atomic E-state index is 14.5. The van der Waals surface area contributed by atoms with Gasteiger partial charge in [0.25, 0.3) is 5.91 Å². The quantitative estimate of drug-likeness (QED) is 0.696. The molecule has 5 heteroatoms. The fourth-order valence-electron chi connectivity index (χ4n) is 4.33. The molecule has 1 spiro atoms. The van der Waals surface area contributed by atoms with Crippen molar-refractivity contribution in [2.75, 3.05) is 31.1 Å². The monoisotopic (exact) mass is 408 g/mol. The van der Waals surface area contributed by atoms with E-state index in [4.69, 9.17) is 4.74 Å². The first-order valence-corrected chi connectivity index (χ1v) is 10.7. The molecule has 0 radical (unpaired) electrons. The van der Waals surface area contributed by atoms with E-state index >= 15 is 0 Å². The predicted molar refractivity (Wildman–Crippen MR) is 117 cm³/mol. The summed E-state index contributed by atoms with van der Waals surface area (Å²) in [5.41, 5.74) is 2.03. The average molecular weight is 409 g/mol. The molecule has 2 fully saturated rings. The molecule has 4 rings (SSSR count). The highest BCUT2D eigenvalue weighted by Crippen LogP contribution is 2.38. The Balaban J connectivity index is 1.49. The zero-order valence-electron chi connectivity index (χ0n) is 17.7. The van der Waals surface area contributed by atoms with Crippen molar-refractivity contribution in [2.45, 2.75) is 38.7 Å². The first-order chi connectivity index (χ1) is 14.5. The number of benzene rings is 2. The van der Waals surface area contributed by atoms with Crippen LogP contribution < -0.4 is 4.90 Å². The number of carbonyl (C=O) groups excluding carboxylic acids is 1. The summed E-state index contributed by atoms with van der Waals surface area (Å²) in [7, 11) is 0. The molecule has 2 aromatic carbocycles. The number of hydrogen-bond acceptors (Lipinski definition) is 3. The Bertz CT molecular complexity index is 929. The Hall–Kier alpha value is -2.66. The first kappa shape index (κ1) is 20.6. The Morgan fingerprint density at radius 2 is 1.70 bits per heavy atom. The number of halogens is 1. The van der Waals surface area contributed by atoms with E-state index in [0.717, 1.165) is 44.5 Å². The highest BCUT2D eigenvalue weighted by molar-refractivity contribution is 6.05. The minimum atomic E-state index is -0.466. The molecule has 4 nitrogen and oxygen atoms in total. The molecule has 0 N–H and O–H groups in total. The molecular formula is C25H29FN2O2. The van der Waals surface area contributed by atoms with Gasteiger partial charge >= 0.3 is 0 Å². The lowest BCUT2D eigenvalue weighted by Gasteiger charge is -2.48. The van der Waals surface area contributed by atoms with Gasteiger partial charge in [0.1, 0.15) is 11.4 Å². The highest BCUT2D eigenvalue weighted by atomic mass is 19.1. The molecule has 1 amide bonds. The fraction of sp³-hybridized carbons (Fsp3) is 0.400. The second kappa shape index (κ2) is 8.60. The van der Waals surface area contributed by atoms with Gasteiger partial charge in [-0.15, -0.1) is 0 Å². The van der Waals surface area contributed by atoms with Crippen LogP contribution in [0.3, 0.4) is 0 Å². The van der Waals surface area contributed by atoms with E-state index in [1.165, 1.54) is 11.6 Å². The second-order valence-electron chi connectivity index (χ2n) is 8.53. The third-order valence-electron chi connectivity index (χ3n) is 6.13. The Morgan fingerprint density at radius 3 is 2.37 bits per heavy atom. The van der Waals surface area contributed by atoms with Crippen LogP contribution in [-0.2, 0) is 16.0 Å². The molecular weight excluding hydrogens is 379 g/mol. The Morgan fingerprint density at radius 1 is 1.03 bits per heavy atom. The summed E-state index contributed by atoms with van der Waals surface area (Å²) in [6, 6.07) is 17.0. The van der Waals surface area contributed by atoms with E-state index in [0.29, 0.717) is 18.0 Å². The normalized spacial score (nSPS) is 19.1. The third-order valence-corrected chi connectivity index (χ3v) is 6.13. The number of carbonyl (C=O) groups is 1. The van der Waals surface area contributed by atoms with Gasteiger partial charge in [-0.2, -0.15) is 0 Å². The minimum Gasteiger partial charge on any atom is -0.480 e. The number of para-hydroxylation sites is 1. The van der Waals surface area contributed by atoms with Crippen molar-refractivity contribution in [1.82, 2.24) is 4.90 Å². The van der Waals surface area contributed by atoms with Gasteiger partial charge in [0.2, 0.25) is 0 Å². The number of rotatable bonds is 4. The smallest absolute Gasteiger partial charge is 0.293 e. The van der Waals surface area contributed by atoms with Crippen molar-refractivity contribution in [2.24, 2.45) is 0 Å². The standard InChI is InChI=1S/C25H29FN2O2/c1-19(2)23-24(29)28(22-11-7-6-10-21(22)26)18-25(30-23)13-16-27(17-14-25)15-12-20-8-4-3-5-9-20/h3-11H,12-18H2,1-2H3. The van der Waals surface area contributed by atoms with Crippen LogP contribution in [0, 0.1) is 5.82 Å². The Kier molecular flexibility index (Phi) is 5.91. The Labute approximate surface area is 177 Å². The molecule has 2 aromatic rings. The summed E-state index contributed by atoms with van der Waals surface area (Å²) in [5, 5.41) is 0. The van der Waals surface area contributed by atoms with Gasteiger partial charge in [-0.25, -0.2) is 4.39 Å². The largest absolute Gasteiger partial charge is 0.480 e. The average Bonchev–Trinajstić information content (AvgIpc) is 2.76.